The van der Waals surface area contributed by atoms with Crippen LogP contribution in [-0.4, -0.2) is 27.1 Å². The van der Waals surface area contributed by atoms with E-state index in [1.165, 1.54) is 6.07 Å². The van der Waals surface area contributed by atoms with Gasteiger partial charge in [-0.2, -0.15) is 5.26 Å². The number of nitriles is 1. The molecule has 0 fully saturated rings. The standard InChI is InChI=1S/C11H11N3O5/c12-5-6-1-7(3-8(2-6)14(18)19)11(17)9(15)4-10(13)16/h1-3,9,11,15,17H,4H2,(H2,13,16). The zero-order chi connectivity index (χ0) is 14.6. The third-order valence-electron chi connectivity index (χ3n) is 2.40. The van der Waals surface area contributed by atoms with Gasteiger partial charge in [-0.05, 0) is 11.6 Å². The van der Waals surface area contributed by atoms with Gasteiger partial charge in [0.2, 0.25) is 5.91 Å². The molecule has 19 heavy (non-hydrogen) atoms. The van der Waals surface area contributed by atoms with Gasteiger partial charge in [0.1, 0.15) is 6.10 Å². The van der Waals surface area contributed by atoms with Crippen LogP contribution < -0.4 is 5.73 Å². The van der Waals surface area contributed by atoms with Crippen molar-refractivity contribution in [2.75, 3.05) is 0 Å². The van der Waals surface area contributed by atoms with Crippen LogP contribution in [0.15, 0.2) is 18.2 Å². The number of hydrogen-bond acceptors (Lipinski definition) is 6. The maximum Gasteiger partial charge on any atom is 0.271 e. The number of nitrogens with zero attached hydrogens (tertiary/aromatic N) is 2. The molecule has 0 aromatic heterocycles. The molecule has 8 nitrogen and oxygen atoms in total. The molecule has 0 aliphatic heterocycles. The molecule has 0 saturated heterocycles. The third kappa shape index (κ3) is 3.74. The molecular weight excluding hydrogens is 254 g/mol. The Morgan fingerprint density at radius 2 is 2.11 bits per heavy atom. The maximum absolute atomic E-state index is 10.7. The van der Waals surface area contributed by atoms with Gasteiger partial charge in [0.05, 0.1) is 29.1 Å². The summed E-state index contributed by atoms with van der Waals surface area (Å²) in [4.78, 5) is 20.6. The first-order valence-electron chi connectivity index (χ1n) is 5.19. The zero-order valence-electron chi connectivity index (χ0n) is 9.68. The fraction of sp³-hybridized carbons (Fsp3) is 0.273. The molecule has 0 bridgehead atoms. The van der Waals surface area contributed by atoms with Crippen LogP contribution >= 0.6 is 0 Å². The van der Waals surface area contributed by atoms with Crippen molar-refractivity contribution in [3.05, 3.63) is 39.4 Å². The van der Waals surface area contributed by atoms with Crippen LogP contribution in [0.25, 0.3) is 0 Å². The summed E-state index contributed by atoms with van der Waals surface area (Å²) < 4.78 is 0. The molecular formula is C11H11N3O5. The van der Waals surface area contributed by atoms with Crippen LogP contribution in [-0.2, 0) is 4.79 Å². The highest BCUT2D eigenvalue weighted by molar-refractivity contribution is 5.74. The Balaban J connectivity index is 3.12. The van der Waals surface area contributed by atoms with E-state index < -0.39 is 29.5 Å². The summed E-state index contributed by atoms with van der Waals surface area (Å²) in [7, 11) is 0. The van der Waals surface area contributed by atoms with Gasteiger partial charge < -0.3 is 15.9 Å². The van der Waals surface area contributed by atoms with E-state index in [0.29, 0.717) is 0 Å². The molecule has 1 aromatic carbocycles. The number of benzene rings is 1. The van der Waals surface area contributed by atoms with Crippen molar-refractivity contribution < 1.29 is 19.9 Å². The van der Waals surface area contributed by atoms with E-state index in [0.717, 1.165) is 12.1 Å². The average Bonchev–Trinajstić information content (AvgIpc) is 2.36. The van der Waals surface area contributed by atoms with Crippen LogP contribution in [0.2, 0.25) is 0 Å². The average molecular weight is 265 g/mol. The zero-order valence-corrected chi connectivity index (χ0v) is 9.68. The lowest BCUT2D eigenvalue weighted by molar-refractivity contribution is -0.385. The topological polar surface area (TPSA) is 150 Å². The van der Waals surface area contributed by atoms with Gasteiger partial charge in [0, 0.05) is 12.1 Å². The summed E-state index contributed by atoms with van der Waals surface area (Å²) in [5, 5.41) is 38.7. The Bertz CT molecular complexity index is 552. The maximum atomic E-state index is 10.7. The van der Waals surface area contributed by atoms with Crippen LogP contribution in [0.5, 0.6) is 0 Å². The van der Waals surface area contributed by atoms with Gasteiger partial charge in [-0.3, -0.25) is 14.9 Å². The molecule has 2 unspecified atom stereocenters. The molecule has 0 radical (unpaired) electrons. The van der Waals surface area contributed by atoms with E-state index >= 15 is 0 Å². The number of carbonyl (C=O) groups is 1. The van der Waals surface area contributed by atoms with Gasteiger partial charge in [-0.25, -0.2) is 0 Å². The highest BCUT2D eigenvalue weighted by Gasteiger charge is 2.23. The number of rotatable bonds is 5. The second kappa shape index (κ2) is 5.90. The summed E-state index contributed by atoms with van der Waals surface area (Å²) in [6, 6.07) is 4.97. The fourth-order valence-corrected chi connectivity index (χ4v) is 1.52. The number of non-ortho nitro benzene ring substituents is 1. The first-order valence-corrected chi connectivity index (χ1v) is 5.19. The lowest BCUT2D eigenvalue weighted by Gasteiger charge is -2.16. The van der Waals surface area contributed by atoms with E-state index in [1.807, 2.05) is 0 Å². The Morgan fingerprint density at radius 3 is 2.58 bits per heavy atom. The molecule has 0 heterocycles. The van der Waals surface area contributed by atoms with E-state index in [4.69, 9.17) is 11.0 Å². The molecule has 1 aromatic rings. The lowest BCUT2D eigenvalue weighted by atomic mass is 9.99. The van der Waals surface area contributed by atoms with Gasteiger partial charge in [-0.1, -0.05) is 0 Å². The normalized spacial score (nSPS) is 13.3. The third-order valence-corrected chi connectivity index (χ3v) is 2.40. The summed E-state index contributed by atoms with van der Waals surface area (Å²) in [6.07, 6.45) is -3.53. The molecule has 1 amide bonds. The van der Waals surface area contributed by atoms with Crippen molar-refractivity contribution in [2.24, 2.45) is 5.73 Å². The van der Waals surface area contributed by atoms with Crippen molar-refractivity contribution in [1.82, 2.24) is 0 Å². The van der Waals surface area contributed by atoms with E-state index in [9.17, 15) is 25.1 Å². The van der Waals surface area contributed by atoms with E-state index in [-0.39, 0.29) is 16.8 Å². The number of nitro groups is 1. The highest BCUT2D eigenvalue weighted by atomic mass is 16.6. The second-order valence-corrected chi connectivity index (χ2v) is 3.86. The molecule has 0 aliphatic carbocycles. The number of hydrogen-bond donors (Lipinski definition) is 3. The number of primary amides is 1. The Kier molecular flexibility index (Phi) is 4.52. The largest absolute Gasteiger partial charge is 0.390 e. The predicted molar refractivity (Wildman–Crippen MR) is 62.6 cm³/mol. The summed E-state index contributed by atoms with van der Waals surface area (Å²) in [5.74, 6) is -0.822. The first-order chi connectivity index (χ1) is 8.85. The predicted octanol–water partition coefficient (Wildman–Crippen LogP) is -0.264. The van der Waals surface area contributed by atoms with Gasteiger partial charge in [0.15, 0.2) is 0 Å². The van der Waals surface area contributed by atoms with Crippen LogP contribution in [0, 0.1) is 21.4 Å². The molecule has 0 spiro atoms. The van der Waals surface area contributed by atoms with Crippen molar-refractivity contribution in [1.29, 1.82) is 5.26 Å². The van der Waals surface area contributed by atoms with Crippen LogP contribution in [0.4, 0.5) is 5.69 Å². The Labute approximate surface area is 107 Å². The minimum absolute atomic E-state index is 0.0282. The molecule has 2 atom stereocenters. The summed E-state index contributed by atoms with van der Waals surface area (Å²) in [6.45, 7) is 0. The fourth-order valence-electron chi connectivity index (χ4n) is 1.52. The SMILES string of the molecule is N#Cc1cc(C(O)C(O)CC(N)=O)cc([N+](=O)[O-])c1. The first kappa shape index (κ1) is 14.6. The molecule has 0 saturated carbocycles. The molecule has 8 heteroatoms. The minimum atomic E-state index is -1.54. The highest BCUT2D eigenvalue weighted by Crippen LogP contribution is 2.25. The Hall–Kier alpha value is -2.50. The molecule has 0 aliphatic rings. The molecule has 4 N–H and O–H groups in total. The van der Waals surface area contributed by atoms with E-state index in [2.05, 4.69) is 0 Å². The van der Waals surface area contributed by atoms with Crippen molar-refractivity contribution in [3.63, 3.8) is 0 Å². The summed E-state index contributed by atoms with van der Waals surface area (Å²) in [5.41, 5.74) is 4.42. The monoisotopic (exact) mass is 265 g/mol. The van der Waals surface area contributed by atoms with Gasteiger partial charge in [0.25, 0.3) is 5.69 Å². The van der Waals surface area contributed by atoms with Crippen molar-refractivity contribution in [2.45, 2.75) is 18.6 Å². The number of nitro benzene ring substituents is 1. The number of nitrogens with two attached hydrogens (primary N) is 1. The summed E-state index contributed by atoms with van der Waals surface area (Å²) >= 11 is 0. The second-order valence-electron chi connectivity index (χ2n) is 3.86. The quantitative estimate of drug-likeness (QED) is 0.492. The molecule has 100 valence electrons. The number of amides is 1. The van der Waals surface area contributed by atoms with E-state index in [1.54, 1.807) is 6.07 Å². The lowest BCUT2D eigenvalue weighted by Crippen LogP contribution is -2.25. The van der Waals surface area contributed by atoms with Crippen molar-refractivity contribution in [3.8, 4) is 6.07 Å². The number of carbonyl (C=O) groups excluding carboxylic acids is 1. The van der Waals surface area contributed by atoms with Crippen LogP contribution in [0.1, 0.15) is 23.7 Å². The molecule has 1 rings (SSSR count). The van der Waals surface area contributed by atoms with Gasteiger partial charge in [-0.15, -0.1) is 0 Å². The van der Waals surface area contributed by atoms with Crippen LogP contribution in [0.3, 0.4) is 0 Å². The van der Waals surface area contributed by atoms with Crippen molar-refractivity contribution >= 4 is 11.6 Å². The number of aliphatic hydroxyl groups is 2. The smallest absolute Gasteiger partial charge is 0.271 e. The minimum Gasteiger partial charge on any atom is -0.390 e. The Morgan fingerprint density at radius 1 is 1.47 bits per heavy atom. The number of aliphatic hydroxyl groups excluding tert-OH is 2. The van der Waals surface area contributed by atoms with Gasteiger partial charge >= 0.3 is 0 Å².